The highest BCUT2D eigenvalue weighted by Crippen LogP contribution is 2.03. The molecule has 0 spiro atoms. The zero-order valence-electron chi connectivity index (χ0n) is 13.8. The molecule has 0 fully saturated rings. The van der Waals surface area contributed by atoms with Crippen molar-refractivity contribution in [3.8, 4) is 0 Å². The molecule has 0 rings (SSSR count). The molecule has 0 bridgehead atoms. The number of unbranched alkanes of at least 4 members (excludes halogenated alkanes) is 6. The normalized spacial score (nSPS) is 11.3. The van der Waals surface area contributed by atoms with Gasteiger partial charge in [0.25, 0.3) is 0 Å². The summed E-state index contributed by atoms with van der Waals surface area (Å²) < 4.78 is 10.1. The van der Waals surface area contributed by atoms with E-state index < -0.39 is 11.9 Å². The first-order chi connectivity index (χ1) is 10.1. The molecule has 0 aliphatic carbocycles. The third kappa shape index (κ3) is 12.2. The molecule has 0 saturated heterocycles. The second-order valence-electron chi connectivity index (χ2n) is 5.25. The van der Waals surface area contributed by atoms with Crippen LogP contribution >= 0.6 is 0 Å². The van der Waals surface area contributed by atoms with Crippen molar-refractivity contribution < 1.29 is 19.1 Å². The molecule has 0 aromatic carbocycles. The van der Waals surface area contributed by atoms with Gasteiger partial charge < -0.3 is 9.47 Å². The summed E-state index contributed by atoms with van der Waals surface area (Å²) in [5.41, 5.74) is 0.295. The van der Waals surface area contributed by atoms with Gasteiger partial charge in [0, 0.05) is 11.6 Å². The molecule has 21 heavy (non-hydrogen) atoms. The maximum absolute atomic E-state index is 11.6. The second-order valence-corrected chi connectivity index (χ2v) is 5.25. The highest BCUT2D eigenvalue weighted by Gasteiger charge is 2.08. The maximum atomic E-state index is 11.6. The van der Waals surface area contributed by atoms with Gasteiger partial charge in [0.15, 0.2) is 0 Å². The Kier molecular flexibility index (Phi) is 12.8. The van der Waals surface area contributed by atoms with Gasteiger partial charge in [-0.25, -0.2) is 9.59 Å². The lowest BCUT2D eigenvalue weighted by Gasteiger charge is -2.05. The fraction of sp³-hybridized carbons (Fsp3) is 0.765. The number of esters is 2. The summed E-state index contributed by atoms with van der Waals surface area (Å²) in [6.45, 7) is 6.66. The average molecular weight is 298 g/mol. The van der Waals surface area contributed by atoms with E-state index in [4.69, 9.17) is 9.47 Å². The van der Waals surface area contributed by atoms with Gasteiger partial charge in [-0.05, 0) is 19.8 Å². The van der Waals surface area contributed by atoms with E-state index in [0.717, 1.165) is 51.4 Å². The number of rotatable bonds is 12. The highest BCUT2D eigenvalue weighted by molar-refractivity contribution is 5.95. The van der Waals surface area contributed by atoms with Gasteiger partial charge in [0.2, 0.25) is 0 Å². The number of carbonyl (C=O) groups excluding carboxylic acids is 2. The summed E-state index contributed by atoms with van der Waals surface area (Å²) in [5.74, 6) is -0.902. The summed E-state index contributed by atoms with van der Waals surface area (Å²) in [7, 11) is 0. The summed E-state index contributed by atoms with van der Waals surface area (Å²) in [5, 5.41) is 0. The van der Waals surface area contributed by atoms with Crippen LogP contribution in [0.15, 0.2) is 11.6 Å². The van der Waals surface area contributed by atoms with Crippen LogP contribution in [-0.2, 0) is 19.1 Å². The average Bonchev–Trinajstić information content (AvgIpc) is 2.46. The Bertz CT molecular complexity index is 321. The molecule has 0 heterocycles. The maximum Gasteiger partial charge on any atom is 0.333 e. The second kappa shape index (κ2) is 13.7. The Hall–Kier alpha value is -1.32. The van der Waals surface area contributed by atoms with Crippen molar-refractivity contribution in [2.24, 2.45) is 0 Å². The minimum atomic E-state index is -0.466. The van der Waals surface area contributed by atoms with E-state index in [9.17, 15) is 9.59 Å². The molecule has 0 N–H and O–H groups in total. The van der Waals surface area contributed by atoms with Crippen LogP contribution in [0, 0.1) is 0 Å². The predicted octanol–water partition coefficient (Wildman–Crippen LogP) is 4.18. The minimum absolute atomic E-state index is 0.295. The lowest BCUT2D eigenvalue weighted by atomic mass is 10.2. The van der Waals surface area contributed by atoms with Crippen LogP contribution in [0.25, 0.3) is 0 Å². The summed E-state index contributed by atoms with van der Waals surface area (Å²) >= 11 is 0. The number of hydrogen-bond donors (Lipinski definition) is 0. The molecule has 0 aliphatic rings. The van der Waals surface area contributed by atoms with Crippen molar-refractivity contribution in [1.29, 1.82) is 0 Å². The molecule has 0 saturated carbocycles. The van der Waals surface area contributed by atoms with Gasteiger partial charge in [-0.3, -0.25) is 0 Å². The number of hydrogen-bond acceptors (Lipinski definition) is 4. The van der Waals surface area contributed by atoms with E-state index in [2.05, 4.69) is 13.8 Å². The van der Waals surface area contributed by atoms with Crippen molar-refractivity contribution in [1.82, 2.24) is 0 Å². The molecular weight excluding hydrogens is 268 g/mol. The van der Waals surface area contributed by atoms with Crippen LogP contribution in [0.3, 0.4) is 0 Å². The molecule has 0 atom stereocenters. The molecule has 122 valence electrons. The monoisotopic (exact) mass is 298 g/mol. The number of ether oxygens (including phenoxy) is 2. The molecule has 0 aromatic rings. The van der Waals surface area contributed by atoms with Crippen molar-refractivity contribution in [3.63, 3.8) is 0 Å². The Balaban J connectivity index is 3.81. The van der Waals surface area contributed by atoms with E-state index in [1.807, 2.05) is 0 Å². The standard InChI is InChI=1S/C17H30O4/c1-4-6-8-10-12-20-16(18)14-15(3)17(19)21-13-11-9-7-5-2/h14H,4-13H2,1-3H3. The van der Waals surface area contributed by atoms with E-state index >= 15 is 0 Å². The smallest absolute Gasteiger partial charge is 0.333 e. The molecule has 0 aliphatic heterocycles. The minimum Gasteiger partial charge on any atom is -0.463 e. The van der Waals surface area contributed by atoms with Crippen LogP contribution in [0.4, 0.5) is 0 Å². The van der Waals surface area contributed by atoms with Crippen LogP contribution in [0.5, 0.6) is 0 Å². The third-order valence-electron chi connectivity index (χ3n) is 3.13. The van der Waals surface area contributed by atoms with E-state index in [-0.39, 0.29) is 0 Å². The Labute approximate surface area is 128 Å². The first-order valence-corrected chi connectivity index (χ1v) is 8.14. The summed E-state index contributed by atoms with van der Waals surface area (Å²) in [6.07, 6.45) is 9.68. The first-order valence-electron chi connectivity index (χ1n) is 8.14. The van der Waals surface area contributed by atoms with Gasteiger partial charge >= 0.3 is 11.9 Å². The van der Waals surface area contributed by atoms with E-state index in [0.29, 0.717) is 18.8 Å². The fourth-order valence-corrected chi connectivity index (χ4v) is 1.79. The molecule has 0 amide bonds. The van der Waals surface area contributed by atoms with Gasteiger partial charge in [-0.15, -0.1) is 0 Å². The molecule has 4 heteroatoms. The molecule has 0 unspecified atom stereocenters. The Morgan fingerprint density at radius 1 is 0.810 bits per heavy atom. The van der Waals surface area contributed by atoms with Gasteiger partial charge in [-0.1, -0.05) is 52.4 Å². The zero-order valence-corrected chi connectivity index (χ0v) is 13.8. The largest absolute Gasteiger partial charge is 0.463 e. The topological polar surface area (TPSA) is 52.6 Å². The lowest BCUT2D eigenvalue weighted by molar-refractivity contribution is -0.141. The van der Waals surface area contributed by atoms with Gasteiger partial charge in [0.1, 0.15) is 0 Å². The van der Waals surface area contributed by atoms with Crippen LogP contribution < -0.4 is 0 Å². The summed E-state index contributed by atoms with van der Waals surface area (Å²) in [4.78, 5) is 23.1. The molecule has 4 nitrogen and oxygen atoms in total. The lowest BCUT2D eigenvalue weighted by Crippen LogP contribution is -2.10. The highest BCUT2D eigenvalue weighted by atomic mass is 16.5. The van der Waals surface area contributed by atoms with E-state index in [1.54, 1.807) is 6.92 Å². The molecule has 0 radical (unpaired) electrons. The Morgan fingerprint density at radius 3 is 1.86 bits per heavy atom. The van der Waals surface area contributed by atoms with Crippen molar-refractivity contribution in [3.05, 3.63) is 11.6 Å². The quantitative estimate of drug-likeness (QED) is 0.308. The predicted molar refractivity (Wildman–Crippen MR) is 84.0 cm³/mol. The van der Waals surface area contributed by atoms with Crippen molar-refractivity contribution in [2.45, 2.75) is 72.1 Å². The number of carbonyl (C=O) groups is 2. The Morgan fingerprint density at radius 2 is 1.33 bits per heavy atom. The van der Waals surface area contributed by atoms with Crippen LogP contribution in [0.2, 0.25) is 0 Å². The SMILES string of the molecule is CCCCCCOC(=O)C=C(C)C(=O)OCCCCCC. The molecule has 0 aromatic heterocycles. The fourth-order valence-electron chi connectivity index (χ4n) is 1.79. The molecular formula is C17H30O4. The van der Waals surface area contributed by atoms with Crippen molar-refractivity contribution >= 4 is 11.9 Å². The van der Waals surface area contributed by atoms with Gasteiger partial charge in [0.05, 0.1) is 13.2 Å². The summed E-state index contributed by atoms with van der Waals surface area (Å²) in [6, 6.07) is 0. The van der Waals surface area contributed by atoms with E-state index in [1.165, 1.54) is 6.08 Å². The van der Waals surface area contributed by atoms with Gasteiger partial charge in [-0.2, -0.15) is 0 Å². The first kappa shape index (κ1) is 19.7. The third-order valence-corrected chi connectivity index (χ3v) is 3.13. The van der Waals surface area contributed by atoms with Crippen LogP contribution in [0.1, 0.15) is 72.1 Å². The zero-order chi connectivity index (χ0) is 15.9. The van der Waals surface area contributed by atoms with Crippen LogP contribution in [-0.4, -0.2) is 25.2 Å². The van der Waals surface area contributed by atoms with Crippen molar-refractivity contribution in [2.75, 3.05) is 13.2 Å².